The summed E-state index contributed by atoms with van der Waals surface area (Å²) in [6, 6.07) is 10.5. The van der Waals surface area contributed by atoms with Crippen molar-refractivity contribution in [3.05, 3.63) is 59.7 Å². The monoisotopic (exact) mass is 258 g/mol. The van der Waals surface area contributed by atoms with Crippen LogP contribution in [0.4, 0.5) is 0 Å². The number of benzene rings is 1. The van der Waals surface area contributed by atoms with Crippen LogP contribution in [0.25, 0.3) is 0 Å². The van der Waals surface area contributed by atoms with Crippen molar-refractivity contribution in [2.45, 2.75) is 53.9 Å². The van der Waals surface area contributed by atoms with Gasteiger partial charge in [-0.3, -0.25) is 0 Å². The van der Waals surface area contributed by atoms with E-state index < -0.39 is 0 Å². The second-order valence-corrected chi connectivity index (χ2v) is 5.04. The van der Waals surface area contributed by atoms with Crippen molar-refractivity contribution in [1.29, 1.82) is 0 Å². The third kappa shape index (κ3) is 7.66. The molecule has 1 aromatic carbocycles. The summed E-state index contributed by atoms with van der Waals surface area (Å²) < 4.78 is 0. The third-order valence-corrected chi connectivity index (χ3v) is 3.23. The molecule has 0 N–H and O–H groups in total. The van der Waals surface area contributed by atoms with E-state index >= 15 is 0 Å². The largest absolute Gasteiger partial charge is 0.0840 e. The molecule has 2 rings (SSSR count). The maximum atomic E-state index is 2.26. The molecule has 1 unspecified atom stereocenters. The summed E-state index contributed by atoms with van der Waals surface area (Å²) >= 11 is 0. The van der Waals surface area contributed by atoms with E-state index in [1.54, 1.807) is 0 Å². The van der Waals surface area contributed by atoms with Gasteiger partial charge in [0, 0.05) is 0 Å². The first-order chi connectivity index (χ1) is 9.11. The molecule has 0 heterocycles. The van der Waals surface area contributed by atoms with Gasteiger partial charge in [-0.05, 0) is 30.7 Å². The highest BCUT2D eigenvalue weighted by atomic mass is 14.1. The number of allylic oxidation sites excluding steroid dienone is 4. The molecular weight excluding hydrogens is 228 g/mol. The van der Waals surface area contributed by atoms with Gasteiger partial charge < -0.3 is 0 Å². The average molecular weight is 258 g/mol. The second kappa shape index (κ2) is 10.6. The van der Waals surface area contributed by atoms with Crippen LogP contribution < -0.4 is 0 Å². The Labute approximate surface area is 120 Å². The molecule has 1 aliphatic carbocycles. The second-order valence-electron chi connectivity index (χ2n) is 5.04. The highest BCUT2D eigenvalue weighted by Crippen LogP contribution is 2.17. The van der Waals surface area contributed by atoms with Crippen LogP contribution in [-0.4, -0.2) is 0 Å². The van der Waals surface area contributed by atoms with Crippen molar-refractivity contribution in [2.24, 2.45) is 5.92 Å². The van der Waals surface area contributed by atoms with E-state index in [9.17, 15) is 0 Å². The fourth-order valence-corrected chi connectivity index (χ4v) is 1.69. The minimum atomic E-state index is 0.659. The first-order valence-corrected chi connectivity index (χ1v) is 7.49. The fraction of sp³-hybridized carbons (Fsp3) is 0.474. The highest BCUT2D eigenvalue weighted by molar-refractivity contribution is 5.18. The van der Waals surface area contributed by atoms with Crippen LogP contribution in [0.1, 0.15) is 59.4 Å². The Morgan fingerprint density at radius 3 is 1.95 bits per heavy atom. The van der Waals surface area contributed by atoms with Crippen molar-refractivity contribution in [3.63, 3.8) is 0 Å². The summed E-state index contributed by atoms with van der Waals surface area (Å²) in [5, 5.41) is 0. The summed E-state index contributed by atoms with van der Waals surface area (Å²) in [6.07, 6.45) is 7.77. The lowest BCUT2D eigenvalue weighted by Gasteiger charge is -2.11. The highest BCUT2D eigenvalue weighted by Gasteiger charge is 2.02. The van der Waals surface area contributed by atoms with Crippen LogP contribution >= 0.6 is 0 Å². The van der Waals surface area contributed by atoms with Gasteiger partial charge in [-0.15, -0.1) is 0 Å². The summed E-state index contributed by atoms with van der Waals surface area (Å²) in [7, 11) is 0. The molecule has 0 saturated carbocycles. The Bertz CT molecular complexity index is 368. The summed E-state index contributed by atoms with van der Waals surface area (Å²) in [6.45, 7) is 12.9. The molecule has 106 valence electrons. The topological polar surface area (TPSA) is 0 Å². The van der Waals surface area contributed by atoms with E-state index in [-0.39, 0.29) is 0 Å². The summed E-state index contributed by atoms with van der Waals surface area (Å²) in [5.41, 5.74) is 2.92. The van der Waals surface area contributed by atoms with Crippen LogP contribution in [0.3, 0.4) is 0 Å². The van der Waals surface area contributed by atoms with Crippen LogP contribution in [0.15, 0.2) is 54.1 Å². The molecule has 0 radical (unpaired) electrons. The lowest BCUT2D eigenvalue weighted by atomic mass is 9.95. The molecule has 0 bridgehead atoms. The van der Waals surface area contributed by atoms with Gasteiger partial charge in [0.25, 0.3) is 0 Å². The van der Waals surface area contributed by atoms with Gasteiger partial charge in [-0.1, -0.05) is 88.8 Å². The molecule has 0 saturated heterocycles. The standard InChI is InChI=1S/C9H12.C8H12.C2H6/c1-8(2)9-6-4-3-5-7-9;1-7-5-3-4-6-8(7)2;1-2/h3-8H,1-2H3;3-5,8H,6H2,1-2H3;1-2H3. The Kier molecular flexibility index (Phi) is 9.88. The van der Waals surface area contributed by atoms with E-state index in [0.29, 0.717) is 5.92 Å². The van der Waals surface area contributed by atoms with Gasteiger partial charge in [0.1, 0.15) is 0 Å². The van der Waals surface area contributed by atoms with E-state index in [0.717, 1.165) is 5.92 Å². The minimum absolute atomic E-state index is 0.659. The predicted octanol–water partition coefficient (Wildman–Crippen LogP) is 6.36. The first kappa shape index (κ1) is 17.7. The Morgan fingerprint density at radius 1 is 1.05 bits per heavy atom. The van der Waals surface area contributed by atoms with Crippen molar-refractivity contribution in [3.8, 4) is 0 Å². The Balaban J connectivity index is 0.000000303. The molecule has 1 atom stereocenters. The van der Waals surface area contributed by atoms with Gasteiger partial charge >= 0.3 is 0 Å². The maximum Gasteiger partial charge on any atom is -0.0197 e. The minimum Gasteiger partial charge on any atom is -0.0840 e. The lowest BCUT2D eigenvalue weighted by Crippen LogP contribution is -1.96. The zero-order chi connectivity index (χ0) is 14.7. The molecular formula is C19H30. The van der Waals surface area contributed by atoms with Gasteiger partial charge in [0.15, 0.2) is 0 Å². The molecule has 1 aliphatic rings. The van der Waals surface area contributed by atoms with E-state index in [2.05, 4.69) is 70.2 Å². The predicted molar refractivity (Wildman–Crippen MR) is 88.6 cm³/mol. The van der Waals surface area contributed by atoms with Gasteiger partial charge in [0.2, 0.25) is 0 Å². The molecule has 0 heteroatoms. The SMILES string of the molecule is CC.CC(C)c1ccccc1.CC1=CC=CCC1C. The van der Waals surface area contributed by atoms with Gasteiger partial charge in [0.05, 0.1) is 0 Å². The zero-order valence-corrected chi connectivity index (χ0v) is 13.5. The first-order valence-electron chi connectivity index (χ1n) is 7.49. The number of hydrogen-bond donors (Lipinski definition) is 0. The van der Waals surface area contributed by atoms with Crippen molar-refractivity contribution < 1.29 is 0 Å². The lowest BCUT2D eigenvalue weighted by molar-refractivity contribution is 0.687. The summed E-state index contributed by atoms with van der Waals surface area (Å²) in [5.74, 6) is 1.44. The van der Waals surface area contributed by atoms with Gasteiger partial charge in [-0.25, -0.2) is 0 Å². The van der Waals surface area contributed by atoms with Crippen molar-refractivity contribution in [2.75, 3.05) is 0 Å². The van der Waals surface area contributed by atoms with E-state index in [1.165, 1.54) is 17.6 Å². The molecule has 0 aliphatic heterocycles. The molecule has 0 spiro atoms. The summed E-state index contributed by atoms with van der Waals surface area (Å²) in [4.78, 5) is 0. The third-order valence-electron chi connectivity index (χ3n) is 3.23. The Morgan fingerprint density at radius 2 is 1.63 bits per heavy atom. The molecule has 0 aromatic heterocycles. The zero-order valence-electron chi connectivity index (χ0n) is 13.5. The van der Waals surface area contributed by atoms with Crippen LogP contribution in [-0.2, 0) is 0 Å². The fourth-order valence-electron chi connectivity index (χ4n) is 1.69. The quantitative estimate of drug-likeness (QED) is 0.549. The molecule has 0 nitrogen and oxygen atoms in total. The molecule has 1 aromatic rings. The molecule has 0 amide bonds. The average Bonchev–Trinajstić information content (AvgIpc) is 2.46. The number of rotatable bonds is 1. The molecule has 0 fully saturated rings. The maximum absolute atomic E-state index is 2.26. The van der Waals surface area contributed by atoms with Crippen molar-refractivity contribution >= 4 is 0 Å². The van der Waals surface area contributed by atoms with Crippen LogP contribution in [0.2, 0.25) is 0 Å². The van der Waals surface area contributed by atoms with Crippen molar-refractivity contribution in [1.82, 2.24) is 0 Å². The normalized spacial score (nSPS) is 16.8. The number of hydrogen-bond acceptors (Lipinski definition) is 0. The van der Waals surface area contributed by atoms with Crippen LogP contribution in [0.5, 0.6) is 0 Å². The van der Waals surface area contributed by atoms with Gasteiger partial charge in [-0.2, -0.15) is 0 Å². The van der Waals surface area contributed by atoms with Crippen LogP contribution in [0, 0.1) is 5.92 Å². The van der Waals surface area contributed by atoms with E-state index in [4.69, 9.17) is 0 Å². The Hall–Kier alpha value is -1.30. The molecule has 19 heavy (non-hydrogen) atoms. The smallest absolute Gasteiger partial charge is 0.0197 e. The van der Waals surface area contributed by atoms with E-state index in [1.807, 2.05) is 19.9 Å².